The summed E-state index contributed by atoms with van der Waals surface area (Å²) in [6.45, 7) is 10.6. The van der Waals surface area contributed by atoms with Gasteiger partial charge in [-0.25, -0.2) is 0 Å². The van der Waals surface area contributed by atoms with E-state index in [9.17, 15) is 5.11 Å². The summed E-state index contributed by atoms with van der Waals surface area (Å²) < 4.78 is 0. The zero-order chi connectivity index (χ0) is 13.2. The summed E-state index contributed by atoms with van der Waals surface area (Å²) in [7, 11) is 0. The lowest BCUT2D eigenvalue weighted by Gasteiger charge is -2.24. The van der Waals surface area contributed by atoms with Gasteiger partial charge in [0, 0.05) is 6.04 Å². The number of aliphatic hydroxyl groups is 1. The molecule has 17 heavy (non-hydrogen) atoms. The van der Waals surface area contributed by atoms with Gasteiger partial charge in [-0.3, -0.25) is 0 Å². The molecular formula is C15H25NO. The molecule has 0 radical (unpaired) electrons. The van der Waals surface area contributed by atoms with Crippen LogP contribution in [-0.4, -0.2) is 11.1 Å². The highest BCUT2D eigenvalue weighted by atomic mass is 16.3. The minimum atomic E-state index is -0.580. The lowest BCUT2D eigenvalue weighted by molar-refractivity contribution is 0.126. The van der Waals surface area contributed by atoms with Crippen LogP contribution in [0.2, 0.25) is 0 Å². The third kappa shape index (κ3) is 3.55. The molecule has 3 N–H and O–H groups in total. The summed E-state index contributed by atoms with van der Waals surface area (Å²) in [5.74, 6) is 0.271. The first kappa shape index (κ1) is 14.2. The van der Waals surface area contributed by atoms with Gasteiger partial charge in [-0.15, -0.1) is 0 Å². The number of rotatable bonds is 3. The molecule has 0 saturated carbocycles. The second-order valence-corrected chi connectivity index (χ2v) is 6.14. The number of hydrogen-bond donors (Lipinski definition) is 2. The van der Waals surface area contributed by atoms with Gasteiger partial charge in [-0.05, 0) is 22.5 Å². The highest BCUT2D eigenvalue weighted by Gasteiger charge is 2.20. The van der Waals surface area contributed by atoms with E-state index in [1.165, 1.54) is 5.56 Å². The van der Waals surface area contributed by atoms with Crippen molar-refractivity contribution in [1.82, 2.24) is 0 Å². The summed E-state index contributed by atoms with van der Waals surface area (Å²) in [6.07, 6.45) is -0.580. The molecule has 0 spiro atoms. The molecule has 0 aliphatic heterocycles. The topological polar surface area (TPSA) is 46.2 Å². The van der Waals surface area contributed by atoms with E-state index in [-0.39, 0.29) is 17.4 Å². The Kier molecular flexibility index (Phi) is 4.34. The highest BCUT2D eigenvalue weighted by molar-refractivity contribution is 5.29. The number of hydrogen-bond acceptors (Lipinski definition) is 2. The maximum Gasteiger partial charge on any atom is 0.0943 e. The Morgan fingerprint density at radius 3 is 1.88 bits per heavy atom. The van der Waals surface area contributed by atoms with Gasteiger partial charge in [0.25, 0.3) is 0 Å². The Hall–Kier alpha value is -0.860. The fourth-order valence-electron chi connectivity index (χ4n) is 1.77. The Labute approximate surface area is 105 Å². The van der Waals surface area contributed by atoms with Gasteiger partial charge in [0.2, 0.25) is 0 Å². The zero-order valence-electron chi connectivity index (χ0n) is 11.6. The molecule has 0 heterocycles. The molecule has 2 unspecified atom stereocenters. The van der Waals surface area contributed by atoms with Crippen molar-refractivity contribution in [3.05, 3.63) is 35.4 Å². The lowest BCUT2D eigenvalue weighted by atomic mass is 9.85. The number of benzene rings is 1. The molecule has 2 nitrogen and oxygen atoms in total. The highest BCUT2D eigenvalue weighted by Crippen LogP contribution is 2.25. The van der Waals surface area contributed by atoms with Crippen LogP contribution in [0.3, 0.4) is 0 Å². The van der Waals surface area contributed by atoms with Crippen molar-refractivity contribution < 1.29 is 5.11 Å². The molecule has 2 atom stereocenters. The van der Waals surface area contributed by atoms with E-state index in [0.29, 0.717) is 0 Å². The van der Waals surface area contributed by atoms with Crippen molar-refractivity contribution in [3.8, 4) is 0 Å². The molecule has 1 aromatic carbocycles. The van der Waals surface area contributed by atoms with Crippen LogP contribution in [0.4, 0.5) is 0 Å². The van der Waals surface area contributed by atoms with E-state index in [4.69, 9.17) is 5.73 Å². The van der Waals surface area contributed by atoms with Crippen LogP contribution in [0.25, 0.3) is 0 Å². The van der Waals surface area contributed by atoms with E-state index < -0.39 is 6.10 Å². The van der Waals surface area contributed by atoms with Crippen LogP contribution in [-0.2, 0) is 5.41 Å². The minimum Gasteiger partial charge on any atom is -0.387 e. The molecule has 0 amide bonds. The lowest BCUT2D eigenvalue weighted by Crippen LogP contribution is -2.33. The molecule has 0 bridgehead atoms. The Bertz CT molecular complexity index is 348. The Morgan fingerprint density at radius 2 is 1.53 bits per heavy atom. The molecule has 0 aromatic heterocycles. The molecule has 1 aromatic rings. The average molecular weight is 235 g/mol. The van der Waals surface area contributed by atoms with Crippen molar-refractivity contribution in [2.24, 2.45) is 11.7 Å². The maximum atomic E-state index is 10.1. The van der Waals surface area contributed by atoms with Crippen molar-refractivity contribution >= 4 is 0 Å². The molecule has 0 fully saturated rings. The average Bonchev–Trinajstić information content (AvgIpc) is 2.26. The molecule has 0 saturated heterocycles. The van der Waals surface area contributed by atoms with Gasteiger partial charge in [-0.2, -0.15) is 0 Å². The molecule has 0 aliphatic rings. The van der Waals surface area contributed by atoms with Gasteiger partial charge < -0.3 is 10.8 Å². The van der Waals surface area contributed by atoms with Gasteiger partial charge in [0.1, 0.15) is 0 Å². The summed E-state index contributed by atoms with van der Waals surface area (Å²) in [5.41, 5.74) is 8.28. The Balaban J connectivity index is 2.88. The van der Waals surface area contributed by atoms with Crippen molar-refractivity contribution in [2.75, 3.05) is 0 Å². The first-order valence-corrected chi connectivity index (χ1v) is 6.27. The fourth-order valence-corrected chi connectivity index (χ4v) is 1.77. The van der Waals surface area contributed by atoms with Crippen molar-refractivity contribution in [2.45, 2.75) is 52.2 Å². The predicted octanol–water partition coefficient (Wildman–Crippen LogP) is 3.00. The predicted molar refractivity (Wildman–Crippen MR) is 72.9 cm³/mol. The van der Waals surface area contributed by atoms with E-state index in [1.54, 1.807) is 0 Å². The van der Waals surface area contributed by atoms with Crippen LogP contribution in [0.5, 0.6) is 0 Å². The molecule has 0 aliphatic carbocycles. The molecule has 2 heteroatoms. The van der Waals surface area contributed by atoms with E-state index in [2.05, 4.69) is 32.9 Å². The van der Waals surface area contributed by atoms with Crippen molar-refractivity contribution in [3.63, 3.8) is 0 Å². The van der Waals surface area contributed by atoms with Crippen LogP contribution < -0.4 is 5.73 Å². The summed E-state index contributed by atoms with van der Waals surface area (Å²) in [6, 6.07) is 7.90. The third-order valence-electron chi connectivity index (χ3n) is 3.25. The van der Waals surface area contributed by atoms with E-state index in [0.717, 1.165) is 5.56 Å². The SMILES string of the molecule is CC(C)C(N)C(O)c1ccc(C(C)(C)C)cc1. The van der Waals surface area contributed by atoms with Crippen LogP contribution in [0.1, 0.15) is 51.8 Å². The van der Waals surface area contributed by atoms with Gasteiger partial charge in [-0.1, -0.05) is 58.9 Å². The van der Waals surface area contributed by atoms with Gasteiger partial charge in [0.05, 0.1) is 6.10 Å². The second-order valence-electron chi connectivity index (χ2n) is 6.14. The monoisotopic (exact) mass is 235 g/mol. The van der Waals surface area contributed by atoms with E-state index in [1.807, 2.05) is 26.0 Å². The van der Waals surface area contributed by atoms with Gasteiger partial charge in [0.15, 0.2) is 0 Å². The first-order chi connectivity index (χ1) is 7.73. The van der Waals surface area contributed by atoms with Gasteiger partial charge >= 0.3 is 0 Å². The summed E-state index contributed by atoms with van der Waals surface area (Å²) >= 11 is 0. The van der Waals surface area contributed by atoms with Crippen LogP contribution in [0.15, 0.2) is 24.3 Å². The van der Waals surface area contributed by atoms with E-state index >= 15 is 0 Å². The first-order valence-electron chi connectivity index (χ1n) is 6.27. The summed E-state index contributed by atoms with van der Waals surface area (Å²) in [4.78, 5) is 0. The molecule has 1 rings (SSSR count). The number of aliphatic hydroxyl groups excluding tert-OH is 1. The zero-order valence-corrected chi connectivity index (χ0v) is 11.6. The smallest absolute Gasteiger partial charge is 0.0943 e. The molecular weight excluding hydrogens is 210 g/mol. The number of nitrogens with two attached hydrogens (primary N) is 1. The standard InChI is InChI=1S/C15H25NO/c1-10(2)13(16)14(17)11-6-8-12(9-7-11)15(3,4)5/h6-10,13-14,17H,16H2,1-5H3. The largest absolute Gasteiger partial charge is 0.387 e. The fraction of sp³-hybridized carbons (Fsp3) is 0.600. The van der Waals surface area contributed by atoms with Crippen LogP contribution in [0, 0.1) is 5.92 Å². The maximum absolute atomic E-state index is 10.1. The second kappa shape index (κ2) is 5.19. The van der Waals surface area contributed by atoms with Crippen LogP contribution >= 0.6 is 0 Å². The Morgan fingerprint density at radius 1 is 1.06 bits per heavy atom. The van der Waals surface area contributed by atoms with Crippen molar-refractivity contribution in [1.29, 1.82) is 0 Å². The third-order valence-corrected chi connectivity index (χ3v) is 3.25. The quantitative estimate of drug-likeness (QED) is 0.846. The minimum absolute atomic E-state index is 0.143. The normalized spacial score (nSPS) is 16.0. The molecule has 96 valence electrons. The summed E-state index contributed by atoms with van der Waals surface area (Å²) in [5, 5.41) is 10.1.